The van der Waals surface area contributed by atoms with Crippen LogP contribution in [0.5, 0.6) is 5.75 Å². The number of nitrogens with zero attached hydrogens (tertiary/aromatic N) is 1. The van der Waals surface area contributed by atoms with Crippen molar-refractivity contribution in [2.45, 2.75) is 44.6 Å². The highest BCUT2D eigenvalue weighted by atomic mass is 19.1. The van der Waals surface area contributed by atoms with Crippen molar-refractivity contribution < 1.29 is 18.7 Å². The van der Waals surface area contributed by atoms with Crippen LogP contribution in [0.2, 0.25) is 0 Å². The Bertz CT molecular complexity index is 572. The van der Waals surface area contributed by atoms with E-state index in [2.05, 4.69) is 0 Å². The van der Waals surface area contributed by atoms with Gasteiger partial charge in [-0.3, -0.25) is 4.79 Å². The maximum absolute atomic E-state index is 13.5. The molecule has 24 heavy (non-hydrogen) atoms. The molecule has 1 aromatic carbocycles. The van der Waals surface area contributed by atoms with E-state index in [0.717, 1.165) is 45.4 Å². The molecule has 4 nitrogen and oxygen atoms in total. The van der Waals surface area contributed by atoms with Crippen LogP contribution in [0.3, 0.4) is 0 Å². The number of hydrogen-bond acceptors (Lipinski definition) is 3. The maximum atomic E-state index is 13.5. The molecule has 2 fully saturated rings. The van der Waals surface area contributed by atoms with Gasteiger partial charge in [0.25, 0.3) is 0 Å². The molecule has 2 aliphatic heterocycles. The van der Waals surface area contributed by atoms with E-state index in [4.69, 9.17) is 9.47 Å². The summed E-state index contributed by atoms with van der Waals surface area (Å²) in [6.45, 7) is 2.39. The first-order chi connectivity index (χ1) is 11.7. The number of carbonyl (C=O) groups excluding carboxylic acids is 1. The summed E-state index contributed by atoms with van der Waals surface area (Å²) in [4.78, 5) is 14.9. The Kier molecular flexibility index (Phi) is 5.72. The molecule has 0 radical (unpaired) electrons. The maximum Gasteiger partial charge on any atom is 0.227 e. The highest BCUT2D eigenvalue weighted by Crippen LogP contribution is 2.31. The molecular weight excluding hydrogens is 309 g/mol. The van der Waals surface area contributed by atoms with Gasteiger partial charge in [-0.05, 0) is 56.2 Å². The lowest BCUT2D eigenvalue weighted by Crippen LogP contribution is -2.49. The number of amides is 1. The number of piperidine rings is 1. The zero-order valence-corrected chi connectivity index (χ0v) is 14.3. The van der Waals surface area contributed by atoms with Gasteiger partial charge in [-0.1, -0.05) is 0 Å². The third-order valence-corrected chi connectivity index (χ3v) is 5.26. The van der Waals surface area contributed by atoms with Gasteiger partial charge in [-0.2, -0.15) is 0 Å². The van der Waals surface area contributed by atoms with Crippen molar-refractivity contribution in [3.8, 4) is 5.75 Å². The van der Waals surface area contributed by atoms with Gasteiger partial charge in [0, 0.05) is 31.4 Å². The number of likely N-dealkylation sites (tertiary alicyclic amines) is 1. The van der Waals surface area contributed by atoms with Crippen molar-refractivity contribution >= 4 is 5.91 Å². The van der Waals surface area contributed by atoms with Crippen LogP contribution in [-0.4, -0.2) is 43.7 Å². The smallest absolute Gasteiger partial charge is 0.227 e. The van der Waals surface area contributed by atoms with Crippen molar-refractivity contribution in [2.75, 3.05) is 26.9 Å². The number of halogens is 1. The first-order valence-electron chi connectivity index (χ1n) is 8.88. The first-order valence-corrected chi connectivity index (χ1v) is 8.88. The lowest BCUT2D eigenvalue weighted by molar-refractivity contribution is -0.136. The standard InChI is InChI=1S/C19H26FNO3/c1-23-18-6-5-16(20)12-15(18)13-19(22)21-9-3-2-4-17(21)14-7-10-24-11-8-14/h5-6,12,14,17H,2-4,7-11,13H2,1H3. The second-order valence-electron chi connectivity index (χ2n) is 6.73. The molecule has 2 saturated heterocycles. The van der Waals surface area contributed by atoms with E-state index in [1.54, 1.807) is 13.2 Å². The Balaban J connectivity index is 1.73. The summed E-state index contributed by atoms with van der Waals surface area (Å²) >= 11 is 0. The van der Waals surface area contributed by atoms with Gasteiger partial charge in [-0.15, -0.1) is 0 Å². The van der Waals surface area contributed by atoms with E-state index in [1.165, 1.54) is 18.6 Å². The summed E-state index contributed by atoms with van der Waals surface area (Å²) in [7, 11) is 1.55. The summed E-state index contributed by atoms with van der Waals surface area (Å²) in [6.07, 6.45) is 5.54. The Hall–Kier alpha value is -1.62. The predicted octanol–water partition coefficient (Wildman–Crippen LogP) is 3.18. The minimum atomic E-state index is -0.335. The molecule has 0 aliphatic carbocycles. The molecule has 1 atom stereocenters. The van der Waals surface area contributed by atoms with Gasteiger partial charge >= 0.3 is 0 Å². The molecule has 0 aromatic heterocycles. The monoisotopic (exact) mass is 335 g/mol. The highest BCUT2D eigenvalue weighted by molar-refractivity contribution is 5.80. The van der Waals surface area contributed by atoms with Gasteiger partial charge < -0.3 is 14.4 Å². The van der Waals surface area contributed by atoms with Crippen LogP contribution >= 0.6 is 0 Å². The number of carbonyl (C=O) groups is 1. The van der Waals surface area contributed by atoms with Crippen LogP contribution in [0.15, 0.2) is 18.2 Å². The van der Waals surface area contributed by atoms with Crippen LogP contribution < -0.4 is 4.74 Å². The normalized spacial score (nSPS) is 22.4. The van der Waals surface area contributed by atoms with Crippen LogP contribution in [0.4, 0.5) is 4.39 Å². The van der Waals surface area contributed by atoms with Gasteiger partial charge in [-0.25, -0.2) is 4.39 Å². The van der Waals surface area contributed by atoms with E-state index < -0.39 is 0 Å². The summed E-state index contributed by atoms with van der Waals surface area (Å²) in [5.74, 6) is 0.843. The molecule has 2 aliphatic rings. The topological polar surface area (TPSA) is 38.8 Å². The first kappa shape index (κ1) is 17.2. The highest BCUT2D eigenvalue weighted by Gasteiger charge is 2.33. The van der Waals surface area contributed by atoms with Crippen molar-refractivity contribution in [3.63, 3.8) is 0 Å². The van der Waals surface area contributed by atoms with Crippen molar-refractivity contribution in [3.05, 3.63) is 29.6 Å². The third-order valence-electron chi connectivity index (χ3n) is 5.26. The molecule has 1 aromatic rings. The van der Waals surface area contributed by atoms with Crippen molar-refractivity contribution in [2.24, 2.45) is 5.92 Å². The van der Waals surface area contributed by atoms with E-state index in [-0.39, 0.29) is 18.1 Å². The van der Waals surface area contributed by atoms with Crippen molar-refractivity contribution in [1.29, 1.82) is 0 Å². The van der Waals surface area contributed by atoms with Gasteiger partial charge in [0.15, 0.2) is 0 Å². The lowest BCUT2D eigenvalue weighted by Gasteiger charge is -2.42. The molecule has 132 valence electrons. The SMILES string of the molecule is COc1ccc(F)cc1CC(=O)N1CCCCC1C1CCOCC1. The third kappa shape index (κ3) is 3.89. The molecule has 0 N–H and O–H groups in total. The van der Waals surface area contributed by atoms with E-state index in [9.17, 15) is 9.18 Å². The summed E-state index contributed by atoms with van der Waals surface area (Å²) in [5, 5.41) is 0. The fourth-order valence-corrected chi connectivity index (χ4v) is 4.01. The number of rotatable bonds is 4. The molecule has 3 rings (SSSR count). The minimum absolute atomic E-state index is 0.0788. The fourth-order valence-electron chi connectivity index (χ4n) is 4.01. The molecule has 0 spiro atoms. The van der Waals surface area contributed by atoms with Crippen LogP contribution in [-0.2, 0) is 16.0 Å². The van der Waals surface area contributed by atoms with Crippen LogP contribution in [0.25, 0.3) is 0 Å². The quantitative estimate of drug-likeness (QED) is 0.848. The van der Waals surface area contributed by atoms with Gasteiger partial charge in [0.05, 0.1) is 13.5 Å². The second kappa shape index (κ2) is 7.97. The molecule has 0 saturated carbocycles. The number of methoxy groups -OCH3 is 1. The number of hydrogen-bond donors (Lipinski definition) is 0. The summed E-state index contributed by atoms with van der Waals surface area (Å²) < 4.78 is 24.3. The summed E-state index contributed by atoms with van der Waals surface area (Å²) in [6, 6.07) is 4.65. The Morgan fingerprint density at radius 1 is 1.29 bits per heavy atom. The molecular formula is C19H26FNO3. The minimum Gasteiger partial charge on any atom is -0.496 e. The fraction of sp³-hybridized carbons (Fsp3) is 0.632. The Morgan fingerprint density at radius 2 is 2.08 bits per heavy atom. The predicted molar refractivity (Wildman–Crippen MR) is 89.6 cm³/mol. The van der Waals surface area contributed by atoms with E-state index in [0.29, 0.717) is 23.3 Å². The number of benzene rings is 1. The number of ether oxygens (including phenoxy) is 2. The second-order valence-corrected chi connectivity index (χ2v) is 6.73. The van der Waals surface area contributed by atoms with Crippen LogP contribution in [0, 0.1) is 11.7 Å². The van der Waals surface area contributed by atoms with E-state index in [1.807, 2.05) is 4.90 Å². The average molecular weight is 335 g/mol. The van der Waals surface area contributed by atoms with E-state index >= 15 is 0 Å². The molecule has 1 unspecified atom stereocenters. The van der Waals surface area contributed by atoms with Gasteiger partial charge in [0.2, 0.25) is 5.91 Å². The van der Waals surface area contributed by atoms with Crippen molar-refractivity contribution in [1.82, 2.24) is 4.90 Å². The molecule has 1 amide bonds. The zero-order valence-electron chi connectivity index (χ0n) is 14.3. The largest absolute Gasteiger partial charge is 0.496 e. The van der Waals surface area contributed by atoms with Gasteiger partial charge in [0.1, 0.15) is 11.6 Å². The Morgan fingerprint density at radius 3 is 2.83 bits per heavy atom. The zero-order chi connectivity index (χ0) is 16.9. The molecule has 5 heteroatoms. The molecule has 0 bridgehead atoms. The molecule has 2 heterocycles. The Labute approximate surface area is 142 Å². The average Bonchev–Trinajstić information content (AvgIpc) is 2.62. The lowest BCUT2D eigenvalue weighted by atomic mass is 9.85. The summed E-state index contributed by atoms with van der Waals surface area (Å²) in [5.41, 5.74) is 0.624. The van der Waals surface area contributed by atoms with Crippen LogP contribution in [0.1, 0.15) is 37.7 Å².